The van der Waals surface area contributed by atoms with Gasteiger partial charge in [-0.1, -0.05) is 41.6 Å². The van der Waals surface area contributed by atoms with E-state index in [1.165, 1.54) is 0 Å². The fourth-order valence-corrected chi connectivity index (χ4v) is 3.62. The third-order valence-corrected chi connectivity index (χ3v) is 5.24. The van der Waals surface area contributed by atoms with Gasteiger partial charge in [-0.25, -0.2) is 0 Å². The van der Waals surface area contributed by atoms with E-state index < -0.39 is 5.92 Å². The number of benzene rings is 2. The zero-order valence-corrected chi connectivity index (χ0v) is 17.3. The SMILES string of the molecule is COc1ccc(C)cc1N1CC(C(=O)NCCC/C(=N/O)c2ccccc2)CC1=O. The molecule has 2 aromatic carbocycles. The van der Waals surface area contributed by atoms with Gasteiger partial charge in [0.1, 0.15) is 5.75 Å². The summed E-state index contributed by atoms with van der Waals surface area (Å²) in [4.78, 5) is 26.7. The molecule has 1 saturated heterocycles. The van der Waals surface area contributed by atoms with Crippen LogP contribution in [-0.4, -0.2) is 42.9 Å². The summed E-state index contributed by atoms with van der Waals surface area (Å²) in [7, 11) is 1.57. The van der Waals surface area contributed by atoms with Gasteiger partial charge in [-0.3, -0.25) is 9.59 Å². The summed E-state index contributed by atoms with van der Waals surface area (Å²) < 4.78 is 5.38. The van der Waals surface area contributed by atoms with Gasteiger partial charge in [0.15, 0.2) is 0 Å². The Morgan fingerprint density at radius 2 is 2.03 bits per heavy atom. The molecule has 1 heterocycles. The molecular formula is C23H27N3O4. The summed E-state index contributed by atoms with van der Waals surface area (Å²) in [5.41, 5.74) is 3.16. The van der Waals surface area contributed by atoms with Crippen LogP contribution >= 0.6 is 0 Å². The van der Waals surface area contributed by atoms with E-state index in [4.69, 9.17) is 4.74 Å². The largest absolute Gasteiger partial charge is 0.495 e. The van der Waals surface area contributed by atoms with Crippen molar-refractivity contribution < 1.29 is 19.5 Å². The minimum absolute atomic E-state index is 0.0853. The van der Waals surface area contributed by atoms with Gasteiger partial charge < -0.3 is 20.2 Å². The molecule has 7 heteroatoms. The number of nitrogens with zero attached hydrogens (tertiary/aromatic N) is 2. The molecule has 2 aromatic rings. The highest BCUT2D eigenvalue weighted by molar-refractivity contribution is 6.01. The van der Waals surface area contributed by atoms with Gasteiger partial charge in [0, 0.05) is 19.5 Å². The zero-order valence-electron chi connectivity index (χ0n) is 17.3. The van der Waals surface area contributed by atoms with Crippen molar-refractivity contribution in [2.45, 2.75) is 26.2 Å². The van der Waals surface area contributed by atoms with Crippen LogP contribution in [0.1, 0.15) is 30.4 Å². The summed E-state index contributed by atoms with van der Waals surface area (Å²) in [6, 6.07) is 15.1. The van der Waals surface area contributed by atoms with Gasteiger partial charge in [0.05, 0.1) is 24.4 Å². The number of anilines is 1. The predicted octanol–water partition coefficient (Wildman–Crippen LogP) is 3.13. The van der Waals surface area contributed by atoms with Crippen molar-refractivity contribution in [3.8, 4) is 5.75 Å². The average Bonchev–Trinajstić information content (AvgIpc) is 3.16. The maximum absolute atomic E-state index is 12.6. The number of oxime groups is 1. The lowest BCUT2D eigenvalue weighted by atomic mass is 10.1. The first-order valence-corrected chi connectivity index (χ1v) is 10.0. The molecule has 0 spiro atoms. The topological polar surface area (TPSA) is 91.2 Å². The van der Waals surface area contributed by atoms with Crippen LogP contribution in [0, 0.1) is 12.8 Å². The van der Waals surface area contributed by atoms with E-state index in [0.717, 1.165) is 11.1 Å². The summed E-state index contributed by atoms with van der Waals surface area (Å²) in [6.45, 7) is 2.73. The van der Waals surface area contributed by atoms with Gasteiger partial charge in [-0.05, 0) is 43.0 Å². The van der Waals surface area contributed by atoms with E-state index in [1.807, 2.05) is 55.5 Å². The normalized spacial score (nSPS) is 16.6. The first-order valence-electron chi connectivity index (χ1n) is 10.0. The van der Waals surface area contributed by atoms with Gasteiger partial charge in [-0.2, -0.15) is 0 Å². The average molecular weight is 409 g/mol. The van der Waals surface area contributed by atoms with Crippen LogP contribution in [0.3, 0.4) is 0 Å². The number of nitrogens with one attached hydrogen (secondary N) is 1. The number of amides is 2. The van der Waals surface area contributed by atoms with Crippen LogP contribution in [-0.2, 0) is 9.59 Å². The van der Waals surface area contributed by atoms with Crippen molar-refractivity contribution in [3.05, 3.63) is 59.7 Å². The molecule has 0 radical (unpaired) electrons. The number of methoxy groups -OCH3 is 1. The highest BCUT2D eigenvalue weighted by Crippen LogP contribution is 2.33. The highest BCUT2D eigenvalue weighted by atomic mass is 16.5. The minimum atomic E-state index is -0.400. The quantitative estimate of drug-likeness (QED) is 0.303. The predicted molar refractivity (Wildman–Crippen MR) is 115 cm³/mol. The second-order valence-corrected chi connectivity index (χ2v) is 7.39. The van der Waals surface area contributed by atoms with Gasteiger partial charge >= 0.3 is 0 Å². The number of carbonyl (C=O) groups is 2. The fraction of sp³-hybridized carbons (Fsp3) is 0.348. The van der Waals surface area contributed by atoms with Crippen molar-refractivity contribution in [1.29, 1.82) is 0 Å². The number of aryl methyl sites for hydroxylation is 1. The van der Waals surface area contributed by atoms with Crippen LogP contribution in [0.2, 0.25) is 0 Å². The molecule has 1 fully saturated rings. The Labute approximate surface area is 176 Å². The van der Waals surface area contributed by atoms with Crippen LogP contribution < -0.4 is 15.0 Å². The third kappa shape index (κ3) is 4.97. The second kappa shape index (κ2) is 9.91. The number of ether oxygens (including phenoxy) is 1. The van der Waals surface area contributed by atoms with Crippen LogP contribution in [0.15, 0.2) is 53.7 Å². The van der Waals surface area contributed by atoms with Crippen molar-refractivity contribution in [2.24, 2.45) is 11.1 Å². The first-order chi connectivity index (χ1) is 14.5. The molecule has 30 heavy (non-hydrogen) atoms. The van der Waals surface area contributed by atoms with E-state index in [2.05, 4.69) is 10.5 Å². The summed E-state index contributed by atoms with van der Waals surface area (Å²) >= 11 is 0. The second-order valence-electron chi connectivity index (χ2n) is 7.39. The monoisotopic (exact) mass is 409 g/mol. The van der Waals surface area contributed by atoms with E-state index in [1.54, 1.807) is 12.0 Å². The summed E-state index contributed by atoms with van der Waals surface area (Å²) in [5, 5.41) is 15.5. The Kier molecular flexibility index (Phi) is 7.06. The molecule has 0 bridgehead atoms. The maximum atomic E-state index is 12.6. The van der Waals surface area contributed by atoms with Crippen molar-refractivity contribution in [2.75, 3.05) is 25.1 Å². The number of rotatable bonds is 8. The zero-order chi connectivity index (χ0) is 21.5. The molecule has 158 valence electrons. The molecule has 1 aliphatic heterocycles. The number of carbonyl (C=O) groups excluding carboxylic acids is 2. The van der Waals surface area contributed by atoms with E-state index in [0.29, 0.717) is 43.1 Å². The summed E-state index contributed by atoms with van der Waals surface area (Å²) in [5.74, 6) is -0.00735. The smallest absolute Gasteiger partial charge is 0.227 e. The van der Waals surface area contributed by atoms with Gasteiger partial charge in [0.2, 0.25) is 11.8 Å². The first kappa shape index (κ1) is 21.4. The summed E-state index contributed by atoms with van der Waals surface area (Å²) in [6.07, 6.45) is 1.35. The Morgan fingerprint density at radius 1 is 1.27 bits per heavy atom. The van der Waals surface area contributed by atoms with E-state index >= 15 is 0 Å². The lowest BCUT2D eigenvalue weighted by Crippen LogP contribution is -2.33. The van der Waals surface area contributed by atoms with Crippen LogP contribution in [0.5, 0.6) is 5.75 Å². The van der Waals surface area contributed by atoms with Crippen LogP contribution in [0.25, 0.3) is 0 Å². The molecule has 0 aromatic heterocycles. The number of hydrogen-bond donors (Lipinski definition) is 2. The molecule has 7 nitrogen and oxygen atoms in total. The molecular weight excluding hydrogens is 382 g/mol. The van der Waals surface area contributed by atoms with Crippen molar-refractivity contribution >= 4 is 23.2 Å². The molecule has 2 amide bonds. The highest BCUT2D eigenvalue weighted by Gasteiger charge is 2.36. The fourth-order valence-electron chi connectivity index (χ4n) is 3.62. The Bertz CT molecular complexity index is 927. The minimum Gasteiger partial charge on any atom is -0.495 e. The maximum Gasteiger partial charge on any atom is 0.227 e. The van der Waals surface area contributed by atoms with Gasteiger partial charge in [-0.15, -0.1) is 0 Å². The van der Waals surface area contributed by atoms with E-state index in [9.17, 15) is 14.8 Å². The van der Waals surface area contributed by atoms with Crippen molar-refractivity contribution in [3.63, 3.8) is 0 Å². The Morgan fingerprint density at radius 3 is 2.73 bits per heavy atom. The van der Waals surface area contributed by atoms with E-state index in [-0.39, 0.29) is 18.2 Å². The molecule has 3 rings (SSSR count). The van der Waals surface area contributed by atoms with Gasteiger partial charge in [0.25, 0.3) is 0 Å². The lowest BCUT2D eigenvalue weighted by molar-refractivity contribution is -0.126. The Hall–Kier alpha value is -3.35. The molecule has 1 atom stereocenters. The molecule has 1 aliphatic rings. The molecule has 2 N–H and O–H groups in total. The standard InChI is InChI=1S/C23H27N3O4/c1-16-10-11-21(30-2)20(13-16)26-15-18(14-22(26)27)23(28)24-12-6-9-19(25-29)17-7-4-3-5-8-17/h3-5,7-8,10-11,13,18,29H,6,9,12,14-15H2,1-2H3,(H,24,28)/b25-19-. The van der Waals surface area contributed by atoms with Crippen molar-refractivity contribution in [1.82, 2.24) is 5.32 Å². The third-order valence-electron chi connectivity index (χ3n) is 5.24. The molecule has 1 unspecified atom stereocenters. The molecule has 0 saturated carbocycles. The number of hydrogen-bond acceptors (Lipinski definition) is 5. The Balaban J connectivity index is 1.52. The molecule has 0 aliphatic carbocycles. The van der Waals surface area contributed by atoms with Crippen LogP contribution in [0.4, 0.5) is 5.69 Å². The lowest BCUT2D eigenvalue weighted by Gasteiger charge is -2.20.